The van der Waals surface area contributed by atoms with Gasteiger partial charge in [0.25, 0.3) is 5.91 Å². The summed E-state index contributed by atoms with van der Waals surface area (Å²) in [5.74, 6) is -0.809. The summed E-state index contributed by atoms with van der Waals surface area (Å²) in [4.78, 5) is 25.5. The number of amides is 1. The molecule has 11 heteroatoms. The quantitative estimate of drug-likeness (QED) is 0.138. The number of aliphatic carboxylic acids is 1. The third-order valence-corrected chi connectivity index (χ3v) is 7.97. The van der Waals surface area contributed by atoms with E-state index in [1.165, 1.54) is 19.2 Å². The van der Waals surface area contributed by atoms with Crippen molar-refractivity contribution in [2.24, 2.45) is 0 Å². The van der Waals surface area contributed by atoms with Gasteiger partial charge in [-0.05, 0) is 73.2 Å². The van der Waals surface area contributed by atoms with Gasteiger partial charge in [-0.1, -0.05) is 30.3 Å². The molecule has 1 fully saturated rings. The number of rotatable bonds is 14. The molecule has 4 aromatic rings. The first-order valence-corrected chi connectivity index (χ1v) is 14.9. The summed E-state index contributed by atoms with van der Waals surface area (Å²) >= 11 is 0. The minimum atomic E-state index is -1.19. The molecule has 0 aliphatic heterocycles. The zero-order chi connectivity index (χ0) is 32.1. The molecule has 2 unspecified atom stereocenters. The summed E-state index contributed by atoms with van der Waals surface area (Å²) in [6, 6.07) is 20.7. The van der Waals surface area contributed by atoms with Crippen LogP contribution in [0, 0.1) is 5.82 Å². The predicted octanol–water partition coefficient (Wildman–Crippen LogP) is 5.17. The summed E-state index contributed by atoms with van der Waals surface area (Å²) in [5.41, 5.74) is 4.60. The summed E-state index contributed by atoms with van der Waals surface area (Å²) < 4.78 is 27.0. The molecule has 0 radical (unpaired) electrons. The van der Waals surface area contributed by atoms with Crippen molar-refractivity contribution in [2.75, 3.05) is 19.5 Å². The van der Waals surface area contributed by atoms with Gasteiger partial charge < -0.3 is 34.7 Å². The van der Waals surface area contributed by atoms with Crippen molar-refractivity contribution in [3.8, 4) is 33.9 Å². The molecule has 0 bridgehead atoms. The van der Waals surface area contributed by atoms with E-state index in [4.69, 9.17) is 14.6 Å². The number of aromatic nitrogens is 1. The second-order valence-corrected chi connectivity index (χ2v) is 11.2. The van der Waals surface area contributed by atoms with Crippen LogP contribution in [-0.4, -0.2) is 95.9 Å². The number of aliphatic hydroxyl groups excluding tert-OH is 2. The maximum absolute atomic E-state index is 14.4. The zero-order valence-electron chi connectivity index (χ0n) is 25.2. The molecule has 1 aliphatic carbocycles. The molecule has 1 heterocycles. The number of hydrogen-bond donors (Lipinski definition) is 4. The second kappa shape index (κ2) is 15.9. The van der Waals surface area contributed by atoms with Crippen LogP contribution in [0.15, 0.2) is 72.8 Å². The van der Waals surface area contributed by atoms with Gasteiger partial charge in [-0.25, -0.2) is 4.39 Å². The Morgan fingerprint density at radius 2 is 1.65 bits per heavy atom. The molecule has 9 nitrogen and oxygen atoms in total. The first-order valence-electron chi connectivity index (χ1n) is 14.9. The number of methoxy groups -OCH3 is 2. The third kappa shape index (κ3) is 8.29. The SMILES string of the molecule is COc1ccc(NC(=O)c2c(-c3ccccc3)c(-c3ccc(F)cc3)n(CCC(O)CC(O)CC(=O)O)c2C2CC2)c(OC)c1.[CaH2]. The number of hydrogen-bond acceptors (Lipinski definition) is 6. The normalized spacial score (nSPS) is 13.8. The van der Waals surface area contributed by atoms with E-state index in [0.717, 1.165) is 24.1 Å². The number of halogens is 1. The van der Waals surface area contributed by atoms with Crippen molar-refractivity contribution in [3.05, 3.63) is 89.9 Å². The van der Waals surface area contributed by atoms with Gasteiger partial charge in [-0.3, -0.25) is 9.59 Å². The Labute approximate surface area is 297 Å². The number of nitrogens with zero attached hydrogens (tertiary/aromatic N) is 1. The Balaban J connectivity index is 0.00000480. The van der Waals surface area contributed by atoms with E-state index in [0.29, 0.717) is 39.6 Å². The van der Waals surface area contributed by atoms with Gasteiger partial charge in [-0.15, -0.1) is 0 Å². The van der Waals surface area contributed by atoms with E-state index < -0.39 is 30.4 Å². The van der Waals surface area contributed by atoms with Crippen LogP contribution in [0.2, 0.25) is 0 Å². The summed E-state index contributed by atoms with van der Waals surface area (Å²) in [5, 5.41) is 33.0. The molecule has 1 aliphatic rings. The Hall–Kier alpha value is -3.41. The van der Waals surface area contributed by atoms with E-state index in [-0.39, 0.29) is 68.9 Å². The summed E-state index contributed by atoms with van der Waals surface area (Å²) in [7, 11) is 3.06. The van der Waals surface area contributed by atoms with Gasteiger partial charge >= 0.3 is 43.7 Å². The van der Waals surface area contributed by atoms with E-state index in [2.05, 4.69) is 5.32 Å². The maximum atomic E-state index is 14.4. The zero-order valence-corrected chi connectivity index (χ0v) is 25.2. The number of carboxylic acids is 1. The Kier molecular flexibility index (Phi) is 12.3. The van der Waals surface area contributed by atoms with Crippen molar-refractivity contribution in [1.29, 1.82) is 0 Å². The first-order chi connectivity index (χ1) is 21.7. The van der Waals surface area contributed by atoms with Crippen LogP contribution in [0.3, 0.4) is 0 Å². The van der Waals surface area contributed by atoms with E-state index in [9.17, 15) is 24.2 Å². The van der Waals surface area contributed by atoms with Crippen LogP contribution >= 0.6 is 0 Å². The van der Waals surface area contributed by atoms with Crippen LogP contribution < -0.4 is 14.8 Å². The molecule has 240 valence electrons. The number of anilines is 1. The number of nitrogens with one attached hydrogen (secondary N) is 1. The van der Waals surface area contributed by atoms with Crippen molar-refractivity contribution in [3.63, 3.8) is 0 Å². The molecule has 1 saturated carbocycles. The van der Waals surface area contributed by atoms with Gasteiger partial charge in [0.1, 0.15) is 17.3 Å². The Morgan fingerprint density at radius 3 is 2.26 bits per heavy atom. The average molecular weight is 659 g/mol. The topological polar surface area (TPSA) is 130 Å². The molecule has 1 amide bonds. The van der Waals surface area contributed by atoms with Crippen molar-refractivity contribution < 1.29 is 38.8 Å². The van der Waals surface area contributed by atoms with Crippen LogP contribution in [-0.2, 0) is 11.3 Å². The molecular weight excluding hydrogens is 619 g/mol. The third-order valence-electron chi connectivity index (χ3n) is 7.97. The Morgan fingerprint density at radius 1 is 0.957 bits per heavy atom. The van der Waals surface area contributed by atoms with Crippen LogP contribution in [0.1, 0.15) is 54.1 Å². The van der Waals surface area contributed by atoms with E-state index >= 15 is 0 Å². The summed E-state index contributed by atoms with van der Waals surface area (Å²) in [6.07, 6.45) is -0.820. The molecule has 46 heavy (non-hydrogen) atoms. The number of carboxylic acid groups (broad SMARTS) is 1. The average Bonchev–Trinajstić information content (AvgIpc) is 3.81. The standard InChI is InChI=1S/C35H37FN2O7.Ca.2H/c1-44-27-14-15-28(29(20-27)45-2)37-35(43)32-31(21-6-4-3-5-7-21)33(23-10-12-24(36)13-11-23)38(34(32)22-8-9-22)17-16-25(39)18-26(40)19-30(41)42;;;/h3-7,10-15,20,22,25-26,39-40H,8-9,16-19H2,1-2H3,(H,37,43)(H,41,42);;;. The second-order valence-electron chi connectivity index (χ2n) is 11.2. The van der Waals surface area contributed by atoms with Crippen LogP contribution in [0.4, 0.5) is 10.1 Å². The fourth-order valence-corrected chi connectivity index (χ4v) is 5.76. The van der Waals surface area contributed by atoms with Gasteiger partial charge in [0.05, 0.1) is 49.8 Å². The van der Waals surface area contributed by atoms with Gasteiger partial charge in [-0.2, -0.15) is 0 Å². The number of aliphatic hydroxyl groups is 2. The molecular formula is C35H39CaFN2O7. The summed E-state index contributed by atoms with van der Waals surface area (Å²) in [6.45, 7) is 0.276. The van der Waals surface area contributed by atoms with Crippen molar-refractivity contribution >= 4 is 55.3 Å². The van der Waals surface area contributed by atoms with Crippen molar-refractivity contribution in [2.45, 2.75) is 56.8 Å². The molecule has 0 saturated heterocycles. The van der Waals surface area contributed by atoms with Gasteiger partial charge in [0.2, 0.25) is 0 Å². The number of carbonyl (C=O) groups excluding carboxylic acids is 1. The molecule has 3 aromatic carbocycles. The van der Waals surface area contributed by atoms with Crippen LogP contribution in [0.25, 0.3) is 22.4 Å². The van der Waals surface area contributed by atoms with Gasteiger partial charge in [0, 0.05) is 29.8 Å². The van der Waals surface area contributed by atoms with Gasteiger partial charge in [0.15, 0.2) is 0 Å². The predicted molar refractivity (Wildman–Crippen MR) is 177 cm³/mol. The van der Waals surface area contributed by atoms with Crippen molar-refractivity contribution in [1.82, 2.24) is 4.57 Å². The fourth-order valence-electron chi connectivity index (χ4n) is 5.76. The molecule has 5 rings (SSSR count). The van der Waals surface area contributed by atoms with E-state index in [1.54, 1.807) is 37.4 Å². The number of ether oxygens (including phenoxy) is 2. The van der Waals surface area contributed by atoms with E-state index in [1.807, 2.05) is 34.9 Å². The molecule has 2 atom stereocenters. The van der Waals surface area contributed by atoms with Crippen LogP contribution in [0.5, 0.6) is 11.5 Å². The molecule has 1 aromatic heterocycles. The monoisotopic (exact) mass is 658 g/mol. The number of carbonyl (C=O) groups is 2. The molecule has 4 N–H and O–H groups in total. The first kappa shape index (κ1) is 35.4. The Bertz CT molecular complexity index is 1660. The fraction of sp³-hybridized carbons (Fsp3) is 0.314. The molecule has 0 spiro atoms. The number of benzene rings is 3. The minimum absolute atomic E-state index is 0.